The first-order chi connectivity index (χ1) is 10.8. The lowest BCUT2D eigenvalue weighted by Crippen LogP contribution is -2.62. The zero-order valence-corrected chi connectivity index (χ0v) is 14.4. The first-order valence-electron chi connectivity index (χ1n) is 7.28. The minimum Gasteiger partial charge on any atom is -0.368 e. The summed E-state index contributed by atoms with van der Waals surface area (Å²) in [6, 6.07) is 3.88. The quantitative estimate of drug-likeness (QED) is 0.610. The van der Waals surface area contributed by atoms with Crippen LogP contribution in [0.2, 0.25) is 0 Å². The molecule has 0 saturated heterocycles. The highest BCUT2D eigenvalue weighted by molar-refractivity contribution is 6.66. The van der Waals surface area contributed by atoms with E-state index in [0.29, 0.717) is 18.6 Å². The lowest BCUT2D eigenvalue weighted by atomic mass is 9.53. The Labute approximate surface area is 140 Å². The topological polar surface area (TPSA) is 125 Å². The summed E-state index contributed by atoms with van der Waals surface area (Å²) in [7, 11) is 0. The Morgan fingerprint density at radius 1 is 1.43 bits per heavy atom. The molecule has 0 aromatic rings. The molecule has 1 amide bonds. The van der Waals surface area contributed by atoms with E-state index in [4.69, 9.17) is 22.2 Å². The first kappa shape index (κ1) is 18.9. The van der Waals surface area contributed by atoms with Crippen LogP contribution in [0, 0.1) is 39.4 Å². The Bertz CT molecular complexity index is 623. The largest absolute Gasteiger partial charge is 0.368 e. The Morgan fingerprint density at radius 3 is 2.35 bits per heavy atom. The molecule has 23 heavy (non-hydrogen) atoms. The van der Waals surface area contributed by atoms with Crippen LogP contribution in [0.25, 0.3) is 0 Å². The minimum absolute atomic E-state index is 0.167. The summed E-state index contributed by atoms with van der Waals surface area (Å²) in [6.45, 7) is 7.05. The van der Waals surface area contributed by atoms with Crippen LogP contribution in [0.15, 0.2) is 10.1 Å². The second-order valence-electron chi connectivity index (χ2n) is 5.66. The van der Waals surface area contributed by atoms with Crippen LogP contribution in [-0.4, -0.2) is 23.0 Å². The summed E-state index contributed by atoms with van der Waals surface area (Å²) >= 11 is 6.08. The van der Waals surface area contributed by atoms with E-state index in [0.717, 1.165) is 0 Å². The number of oxime groups is 1. The lowest BCUT2D eigenvalue weighted by molar-refractivity contribution is -0.149. The SMILES string of the molecule is CCC1(CC)[C@H](ON=C(C)C)N=C(Cl)C(C#N)[C@]1(C#N)C(N)=O. The number of carbonyl (C=O) groups excluding carboxylic acids is 1. The van der Waals surface area contributed by atoms with E-state index in [2.05, 4.69) is 10.1 Å². The zero-order chi connectivity index (χ0) is 17.8. The molecule has 8 heteroatoms. The van der Waals surface area contributed by atoms with Gasteiger partial charge in [0, 0.05) is 0 Å². The van der Waals surface area contributed by atoms with Gasteiger partial charge in [-0.1, -0.05) is 30.6 Å². The molecule has 0 aromatic heterocycles. The fourth-order valence-electron chi connectivity index (χ4n) is 3.18. The fourth-order valence-corrected chi connectivity index (χ4v) is 3.48. The molecule has 1 aliphatic heterocycles. The molecule has 1 aliphatic rings. The molecule has 1 heterocycles. The molecule has 3 atom stereocenters. The second-order valence-corrected chi connectivity index (χ2v) is 6.04. The van der Waals surface area contributed by atoms with Crippen molar-refractivity contribution in [2.45, 2.75) is 46.8 Å². The molecular weight excluding hydrogens is 318 g/mol. The number of aliphatic imine (C=N–C) groups is 1. The maximum Gasteiger partial charge on any atom is 0.240 e. The highest BCUT2D eigenvalue weighted by Gasteiger charge is 2.67. The number of amides is 1. The summed E-state index contributed by atoms with van der Waals surface area (Å²) < 4.78 is 0. The van der Waals surface area contributed by atoms with E-state index in [9.17, 15) is 15.3 Å². The maximum atomic E-state index is 12.3. The van der Waals surface area contributed by atoms with Crippen molar-refractivity contribution in [3.63, 3.8) is 0 Å². The third kappa shape index (κ3) is 2.66. The molecule has 2 N–H and O–H groups in total. The van der Waals surface area contributed by atoms with E-state index in [1.54, 1.807) is 27.7 Å². The monoisotopic (exact) mass is 337 g/mol. The van der Waals surface area contributed by atoms with Gasteiger partial charge in [-0.15, -0.1) is 0 Å². The Hall–Kier alpha value is -2.12. The van der Waals surface area contributed by atoms with Gasteiger partial charge in [-0.05, 0) is 26.7 Å². The third-order valence-corrected chi connectivity index (χ3v) is 4.78. The van der Waals surface area contributed by atoms with Crippen molar-refractivity contribution in [1.29, 1.82) is 10.5 Å². The highest BCUT2D eigenvalue weighted by atomic mass is 35.5. The summed E-state index contributed by atoms with van der Waals surface area (Å²) in [5.41, 5.74) is 3.26. The number of nitrogens with two attached hydrogens (primary N) is 1. The van der Waals surface area contributed by atoms with Crippen molar-refractivity contribution >= 4 is 28.4 Å². The molecule has 0 radical (unpaired) electrons. The molecule has 0 bridgehead atoms. The predicted molar refractivity (Wildman–Crippen MR) is 86.3 cm³/mol. The van der Waals surface area contributed by atoms with E-state index in [1.807, 2.05) is 12.1 Å². The van der Waals surface area contributed by atoms with Crippen LogP contribution >= 0.6 is 11.6 Å². The van der Waals surface area contributed by atoms with Crippen molar-refractivity contribution in [3.05, 3.63) is 0 Å². The molecule has 0 aliphatic carbocycles. The molecule has 0 fully saturated rings. The number of rotatable bonds is 5. The van der Waals surface area contributed by atoms with Crippen LogP contribution in [0.3, 0.4) is 0 Å². The summed E-state index contributed by atoms with van der Waals surface area (Å²) in [4.78, 5) is 21.9. The molecule has 124 valence electrons. The normalized spacial score (nSPS) is 28.7. The van der Waals surface area contributed by atoms with Gasteiger partial charge in [0.1, 0.15) is 11.1 Å². The van der Waals surface area contributed by atoms with Crippen molar-refractivity contribution in [1.82, 2.24) is 0 Å². The van der Waals surface area contributed by atoms with Crippen LogP contribution in [0.4, 0.5) is 0 Å². The van der Waals surface area contributed by atoms with Crippen molar-refractivity contribution in [2.24, 2.45) is 32.6 Å². The third-order valence-electron chi connectivity index (χ3n) is 4.46. The fraction of sp³-hybridized carbons (Fsp3) is 0.667. The average Bonchev–Trinajstić information content (AvgIpc) is 2.51. The number of nitrogens with zero attached hydrogens (tertiary/aromatic N) is 4. The number of carbonyl (C=O) groups is 1. The standard InChI is InChI=1S/C15H20ClN5O2/c1-5-14(6-2)13(23-21-9(3)4)20-11(16)10(7-17)15(14,8-18)12(19)22/h10,13H,5-6H2,1-4H3,(H2,19,22)/t10?,13-,15+/m0/s1. The zero-order valence-electron chi connectivity index (χ0n) is 13.6. The Balaban J connectivity index is 3.73. The van der Waals surface area contributed by atoms with Gasteiger partial charge in [-0.2, -0.15) is 10.5 Å². The summed E-state index contributed by atoms with van der Waals surface area (Å²) in [5, 5.41) is 23.0. The van der Waals surface area contributed by atoms with Gasteiger partial charge in [-0.25, -0.2) is 4.99 Å². The van der Waals surface area contributed by atoms with Gasteiger partial charge in [-0.3, -0.25) is 4.79 Å². The van der Waals surface area contributed by atoms with Gasteiger partial charge in [0.25, 0.3) is 0 Å². The Kier molecular flexibility index (Phi) is 5.74. The highest BCUT2D eigenvalue weighted by Crippen LogP contribution is 2.56. The van der Waals surface area contributed by atoms with Crippen LogP contribution in [0.1, 0.15) is 40.5 Å². The van der Waals surface area contributed by atoms with Crippen molar-refractivity contribution in [2.75, 3.05) is 0 Å². The molecule has 7 nitrogen and oxygen atoms in total. The molecule has 0 spiro atoms. The van der Waals surface area contributed by atoms with Gasteiger partial charge in [0.15, 0.2) is 5.41 Å². The van der Waals surface area contributed by atoms with E-state index in [1.165, 1.54) is 0 Å². The molecule has 1 unspecified atom stereocenters. The summed E-state index contributed by atoms with van der Waals surface area (Å²) in [6.07, 6.45) is -0.291. The Morgan fingerprint density at radius 2 is 2.00 bits per heavy atom. The van der Waals surface area contributed by atoms with E-state index < -0.39 is 28.9 Å². The van der Waals surface area contributed by atoms with Gasteiger partial charge >= 0.3 is 0 Å². The molecule has 0 saturated carbocycles. The van der Waals surface area contributed by atoms with Crippen LogP contribution < -0.4 is 5.73 Å². The van der Waals surface area contributed by atoms with Gasteiger partial charge in [0.05, 0.1) is 23.3 Å². The molecule has 1 rings (SSSR count). The lowest BCUT2D eigenvalue weighted by Gasteiger charge is -2.49. The van der Waals surface area contributed by atoms with Crippen LogP contribution in [-0.2, 0) is 9.63 Å². The molecular formula is C15H20ClN5O2. The number of halogens is 1. The minimum atomic E-state index is -1.84. The van der Waals surface area contributed by atoms with Crippen molar-refractivity contribution in [3.8, 4) is 12.1 Å². The number of hydrogen-bond donors (Lipinski definition) is 1. The number of hydrogen-bond acceptors (Lipinski definition) is 6. The average molecular weight is 338 g/mol. The predicted octanol–water partition coefficient (Wildman–Crippen LogP) is 2.32. The van der Waals surface area contributed by atoms with E-state index in [-0.39, 0.29) is 5.17 Å². The van der Waals surface area contributed by atoms with Crippen molar-refractivity contribution < 1.29 is 9.63 Å². The van der Waals surface area contributed by atoms with Gasteiger partial charge < -0.3 is 10.6 Å². The second kappa shape index (κ2) is 6.97. The van der Waals surface area contributed by atoms with E-state index >= 15 is 0 Å². The van der Waals surface area contributed by atoms with Crippen LogP contribution in [0.5, 0.6) is 0 Å². The maximum absolute atomic E-state index is 12.3. The molecule has 0 aromatic carbocycles. The first-order valence-corrected chi connectivity index (χ1v) is 7.66. The van der Waals surface area contributed by atoms with Gasteiger partial charge in [0.2, 0.25) is 12.1 Å². The number of nitriles is 2. The number of primary amides is 1. The smallest absolute Gasteiger partial charge is 0.240 e. The summed E-state index contributed by atoms with van der Waals surface area (Å²) in [5.74, 6) is -2.15.